The number of benzene rings is 3. The Hall–Kier alpha value is -3.69. The van der Waals surface area contributed by atoms with Crippen LogP contribution in [0.2, 0.25) is 0 Å². The summed E-state index contributed by atoms with van der Waals surface area (Å²) in [6, 6.07) is 31.4. The molecular weight excluding hydrogens is 522 g/mol. The molecule has 1 aliphatic heterocycles. The van der Waals surface area contributed by atoms with E-state index in [1.165, 1.54) is 0 Å². The molecule has 0 spiro atoms. The number of amides is 2. The second kappa shape index (κ2) is 13.6. The number of ether oxygens (including phenoxy) is 2. The molecule has 0 saturated carbocycles. The first-order valence-corrected chi connectivity index (χ1v) is 14.4. The van der Waals surface area contributed by atoms with Crippen molar-refractivity contribution in [3.63, 3.8) is 0 Å². The molecule has 7 nitrogen and oxygen atoms in total. The van der Waals surface area contributed by atoms with Gasteiger partial charge in [0.05, 0.1) is 23.8 Å². The van der Waals surface area contributed by atoms with Crippen molar-refractivity contribution < 1.29 is 19.4 Å². The Morgan fingerprint density at radius 1 is 0.900 bits per heavy atom. The molecule has 2 heterocycles. The topological polar surface area (TPSA) is 92.7 Å². The van der Waals surface area contributed by atoms with Crippen molar-refractivity contribution in [1.29, 1.82) is 0 Å². The van der Waals surface area contributed by atoms with E-state index in [-0.39, 0.29) is 30.8 Å². The third-order valence-electron chi connectivity index (χ3n) is 6.76. The van der Waals surface area contributed by atoms with Gasteiger partial charge in [-0.05, 0) is 47.9 Å². The van der Waals surface area contributed by atoms with Crippen LogP contribution in [0.5, 0.6) is 0 Å². The highest BCUT2D eigenvalue weighted by Crippen LogP contribution is 2.48. The van der Waals surface area contributed by atoms with Gasteiger partial charge in [0, 0.05) is 35.7 Å². The molecule has 1 aliphatic rings. The first kappa shape index (κ1) is 27.9. The Balaban J connectivity index is 1.51. The molecule has 0 radical (unpaired) electrons. The fraction of sp³-hybridized carbons (Fsp3) is 0.250. The number of urea groups is 1. The van der Waals surface area contributed by atoms with E-state index in [9.17, 15) is 9.90 Å². The third-order valence-corrected chi connectivity index (χ3v) is 7.79. The van der Waals surface area contributed by atoms with Gasteiger partial charge in [0.25, 0.3) is 0 Å². The molecule has 1 aromatic heterocycles. The van der Waals surface area contributed by atoms with E-state index in [1.54, 1.807) is 18.0 Å². The monoisotopic (exact) mass is 555 g/mol. The first-order chi connectivity index (χ1) is 19.6. The number of nitrogens with one attached hydrogen (secondary N) is 2. The van der Waals surface area contributed by atoms with Crippen LogP contribution < -0.4 is 10.6 Å². The zero-order chi connectivity index (χ0) is 27.7. The molecule has 5 rings (SSSR count). The summed E-state index contributed by atoms with van der Waals surface area (Å²) in [6.07, 6.45) is 0.607. The summed E-state index contributed by atoms with van der Waals surface area (Å²) in [5.41, 5.74) is 4.43. The van der Waals surface area contributed by atoms with Crippen LogP contribution >= 0.6 is 11.8 Å². The number of hydrogen-bond donors (Lipinski definition) is 3. The molecule has 206 valence electrons. The molecular formula is C32H33N3O4S. The average molecular weight is 556 g/mol. The van der Waals surface area contributed by atoms with Crippen molar-refractivity contribution in [1.82, 2.24) is 10.3 Å². The van der Waals surface area contributed by atoms with Crippen molar-refractivity contribution in [2.75, 3.05) is 17.6 Å². The number of nitrogens with zero attached hydrogens (tertiary/aromatic N) is 1. The fourth-order valence-electron chi connectivity index (χ4n) is 4.85. The summed E-state index contributed by atoms with van der Waals surface area (Å²) in [7, 11) is 0. The summed E-state index contributed by atoms with van der Waals surface area (Å²) >= 11 is 1.65. The standard InChI is InChI=1S/C32H33N3O4S/c1-2-33-32(37)35-26-12-8-11-25(19-26)31-38-27(21-40-28-13-6-7-18-34-28)29(23-9-4-3-5-10-23)30(39-31)24-16-14-22(20-36)15-17-24/h3-19,27,29-31,36H,2,20-21H2,1H3,(H2,33,35,37)/t27-,29-,30+,31?/m1/s1. The van der Waals surface area contributed by atoms with Gasteiger partial charge in [0.15, 0.2) is 6.29 Å². The lowest BCUT2D eigenvalue weighted by atomic mass is 9.84. The quantitative estimate of drug-likeness (QED) is 0.206. The molecule has 1 saturated heterocycles. The Morgan fingerprint density at radius 2 is 1.68 bits per heavy atom. The molecule has 3 aromatic carbocycles. The number of rotatable bonds is 9. The van der Waals surface area contributed by atoms with Crippen molar-refractivity contribution in [3.8, 4) is 0 Å². The van der Waals surface area contributed by atoms with Crippen LogP contribution in [0.3, 0.4) is 0 Å². The van der Waals surface area contributed by atoms with E-state index in [2.05, 4.69) is 27.8 Å². The maximum atomic E-state index is 12.2. The summed E-state index contributed by atoms with van der Waals surface area (Å²) in [5.74, 6) is 0.573. The predicted molar refractivity (Wildman–Crippen MR) is 157 cm³/mol. The molecule has 8 heteroatoms. The lowest BCUT2D eigenvalue weighted by molar-refractivity contribution is -0.255. The molecule has 1 fully saturated rings. The first-order valence-electron chi connectivity index (χ1n) is 13.4. The molecule has 0 bridgehead atoms. The molecule has 40 heavy (non-hydrogen) atoms. The van der Waals surface area contributed by atoms with Crippen molar-refractivity contribution in [3.05, 3.63) is 126 Å². The summed E-state index contributed by atoms with van der Waals surface area (Å²) in [4.78, 5) is 16.6. The number of hydrogen-bond acceptors (Lipinski definition) is 6. The van der Waals surface area contributed by atoms with Crippen LogP contribution in [0.4, 0.5) is 10.5 Å². The van der Waals surface area contributed by atoms with Crippen LogP contribution in [0.15, 0.2) is 108 Å². The van der Waals surface area contributed by atoms with Gasteiger partial charge < -0.3 is 25.2 Å². The maximum Gasteiger partial charge on any atom is 0.319 e. The second-order valence-electron chi connectivity index (χ2n) is 9.49. The highest BCUT2D eigenvalue weighted by atomic mass is 32.2. The van der Waals surface area contributed by atoms with E-state index >= 15 is 0 Å². The van der Waals surface area contributed by atoms with E-state index < -0.39 is 6.29 Å². The molecule has 2 amide bonds. The van der Waals surface area contributed by atoms with Crippen LogP contribution in [0.25, 0.3) is 0 Å². The SMILES string of the molecule is CCNC(=O)Nc1cccc(C2O[C@H](CSc3ccccn3)[C@@H](c3ccccc3)[C@H](c3ccc(CO)cc3)O2)c1. The molecule has 3 N–H and O–H groups in total. The second-order valence-corrected chi connectivity index (χ2v) is 10.5. The lowest BCUT2D eigenvalue weighted by Gasteiger charge is -2.43. The minimum absolute atomic E-state index is 0.0194. The van der Waals surface area contributed by atoms with Gasteiger partial charge in [-0.2, -0.15) is 0 Å². The lowest BCUT2D eigenvalue weighted by Crippen LogP contribution is -2.38. The van der Waals surface area contributed by atoms with Crippen molar-refractivity contribution in [2.24, 2.45) is 0 Å². The number of aliphatic hydroxyl groups is 1. The Morgan fingerprint density at radius 3 is 2.40 bits per heavy atom. The van der Waals surface area contributed by atoms with E-state index in [4.69, 9.17) is 9.47 Å². The minimum atomic E-state index is -0.659. The fourth-order valence-corrected chi connectivity index (χ4v) is 5.78. The molecule has 1 unspecified atom stereocenters. The average Bonchev–Trinajstić information content (AvgIpc) is 3.01. The van der Waals surface area contributed by atoms with Gasteiger partial charge in [0.2, 0.25) is 0 Å². The highest BCUT2D eigenvalue weighted by molar-refractivity contribution is 7.99. The van der Waals surface area contributed by atoms with E-state index in [1.807, 2.05) is 91.9 Å². The summed E-state index contributed by atoms with van der Waals surface area (Å²) < 4.78 is 13.5. The van der Waals surface area contributed by atoms with Gasteiger partial charge in [-0.1, -0.05) is 72.8 Å². The van der Waals surface area contributed by atoms with Gasteiger partial charge in [0.1, 0.15) is 0 Å². The van der Waals surface area contributed by atoms with Crippen LogP contribution in [0, 0.1) is 0 Å². The molecule has 0 aliphatic carbocycles. The summed E-state index contributed by atoms with van der Waals surface area (Å²) in [6.45, 7) is 2.39. The van der Waals surface area contributed by atoms with Crippen molar-refractivity contribution in [2.45, 2.75) is 43.0 Å². The summed E-state index contributed by atoms with van der Waals surface area (Å²) in [5, 5.41) is 16.2. The largest absolute Gasteiger partial charge is 0.392 e. The van der Waals surface area contributed by atoms with Gasteiger partial charge in [-0.3, -0.25) is 0 Å². The predicted octanol–water partition coefficient (Wildman–Crippen LogP) is 6.45. The zero-order valence-electron chi connectivity index (χ0n) is 22.3. The Labute approximate surface area is 239 Å². The Bertz CT molecular complexity index is 1370. The van der Waals surface area contributed by atoms with Crippen molar-refractivity contribution >= 4 is 23.5 Å². The number of carbonyl (C=O) groups is 1. The number of thioether (sulfide) groups is 1. The Kier molecular flexibility index (Phi) is 9.46. The van der Waals surface area contributed by atoms with Crippen LogP contribution in [-0.2, 0) is 16.1 Å². The van der Waals surface area contributed by atoms with Gasteiger partial charge in [-0.15, -0.1) is 11.8 Å². The molecule has 4 aromatic rings. The van der Waals surface area contributed by atoms with Gasteiger partial charge >= 0.3 is 6.03 Å². The maximum absolute atomic E-state index is 12.2. The number of pyridine rings is 1. The minimum Gasteiger partial charge on any atom is -0.392 e. The zero-order valence-corrected chi connectivity index (χ0v) is 23.1. The number of aromatic nitrogens is 1. The third kappa shape index (κ3) is 6.89. The number of anilines is 1. The van der Waals surface area contributed by atoms with Crippen LogP contribution in [-0.4, -0.2) is 34.5 Å². The smallest absolute Gasteiger partial charge is 0.319 e. The highest BCUT2D eigenvalue weighted by Gasteiger charge is 2.42. The number of carbonyl (C=O) groups excluding carboxylic acids is 1. The van der Waals surface area contributed by atoms with Crippen LogP contribution in [0.1, 0.15) is 47.5 Å². The molecule has 4 atom stereocenters. The van der Waals surface area contributed by atoms with E-state index in [0.29, 0.717) is 18.0 Å². The van der Waals surface area contributed by atoms with Gasteiger partial charge in [-0.25, -0.2) is 9.78 Å². The number of aliphatic hydroxyl groups excluding tert-OH is 1. The van der Waals surface area contributed by atoms with E-state index in [0.717, 1.165) is 27.3 Å². The normalized spacial score (nSPS) is 20.6.